The smallest absolute Gasteiger partial charge is 0.166 e. The van der Waals surface area contributed by atoms with Crippen LogP contribution in [0.1, 0.15) is 30.7 Å². The van der Waals surface area contributed by atoms with Crippen molar-refractivity contribution in [2.45, 2.75) is 26.7 Å². The largest absolute Gasteiger partial charge is 0.367 e. The van der Waals surface area contributed by atoms with Crippen molar-refractivity contribution in [1.82, 2.24) is 10.2 Å². The summed E-state index contributed by atoms with van der Waals surface area (Å²) in [6.07, 6.45) is 3.69. The van der Waals surface area contributed by atoms with Crippen molar-refractivity contribution in [3.63, 3.8) is 0 Å². The summed E-state index contributed by atoms with van der Waals surface area (Å²) in [7, 11) is 0. The predicted octanol–water partition coefficient (Wildman–Crippen LogP) is 2.25. The molecular weight excluding hydrogens is 232 g/mol. The Morgan fingerprint density at radius 2 is 2.06 bits per heavy atom. The molecule has 0 radical (unpaired) electrons. The molecule has 0 aromatic carbocycles. The molecule has 0 spiro atoms. The van der Waals surface area contributed by atoms with E-state index in [1.807, 2.05) is 13.8 Å². The summed E-state index contributed by atoms with van der Waals surface area (Å²) in [6.45, 7) is 4.88. The molecule has 17 heavy (non-hydrogen) atoms. The first-order valence-electron chi connectivity index (χ1n) is 5.79. The molecule has 1 aromatic rings. The molecule has 0 atom stereocenters. The number of hydrogen-bond donors (Lipinski definition) is 1. The number of nitrogens with zero attached hydrogens (tertiary/aromatic N) is 3. The molecule has 0 amide bonds. The maximum atomic E-state index is 9.24. The van der Waals surface area contributed by atoms with Crippen LogP contribution in [-0.4, -0.2) is 28.8 Å². The average Bonchev–Trinajstić information content (AvgIpc) is 2.38. The van der Waals surface area contributed by atoms with E-state index in [-0.39, 0.29) is 0 Å². The summed E-state index contributed by atoms with van der Waals surface area (Å²) in [5.41, 5.74) is 2.61. The lowest BCUT2D eigenvalue weighted by atomic mass is 10.0. The van der Waals surface area contributed by atoms with Gasteiger partial charge in [-0.3, -0.25) is 0 Å². The zero-order valence-electron chi connectivity index (χ0n) is 10.6. The first kappa shape index (κ1) is 13.8. The molecule has 4 nitrogen and oxygen atoms in total. The van der Waals surface area contributed by atoms with E-state index in [4.69, 9.17) is 0 Å². The number of nitriles is 1. The van der Waals surface area contributed by atoms with Gasteiger partial charge in [-0.1, -0.05) is 13.8 Å². The van der Waals surface area contributed by atoms with Crippen molar-refractivity contribution in [1.29, 1.82) is 5.26 Å². The van der Waals surface area contributed by atoms with Gasteiger partial charge in [-0.15, -0.1) is 5.10 Å². The first-order chi connectivity index (χ1) is 8.28. The minimum absolute atomic E-state index is 0.621. The van der Waals surface area contributed by atoms with E-state index in [0.717, 1.165) is 36.4 Å². The van der Waals surface area contributed by atoms with Gasteiger partial charge in [0.05, 0.1) is 5.69 Å². The van der Waals surface area contributed by atoms with Gasteiger partial charge in [-0.25, -0.2) is 0 Å². The molecule has 1 N–H and O–H groups in total. The SMILES string of the molecule is CCc1nnc(NCCSC)c(C#N)c1CC. The van der Waals surface area contributed by atoms with E-state index in [1.54, 1.807) is 11.8 Å². The van der Waals surface area contributed by atoms with Crippen molar-refractivity contribution < 1.29 is 0 Å². The predicted molar refractivity (Wildman–Crippen MR) is 72.4 cm³/mol. The zero-order valence-corrected chi connectivity index (χ0v) is 11.4. The van der Waals surface area contributed by atoms with Crippen LogP contribution in [0.4, 0.5) is 5.82 Å². The second-order valence-corrected chi connectivity index (χ2v) is 4.57. The molecule has 0 aliphatic heterocycles. The lowest BCUT2D eigenvalue weighted by Crippen LogP contribution is -2.12. The van der Waals surface area contributed by atoms with Crippen molar-refractivity contribution in [2.24, 2.45) is 0 Å². The number of aryl methyl sites for hydroxylation is 1. The fourth-order valence-electron chi connectivity index (χ4n) is 1.69. The molecular formula is C12H18N4S. The van der Waals surface area contributed by atoms with E-state index in [0.29, 0.717) is 11.4 Å². The van der Waals surface area contributed by atoms with Crippen LogP contribution in [0.25, 0.3) is 0 Å². The van der Waals surface area contributed by atoms with Crippen LogP contribution in [-0.2, 0) is 12.8 Å². The lowest BCUT2D eigenvalue weighted by Gasteiger charge is -2.11. The first-order valence-corrected chi connectivity index (χ1v) is 7.19. The summed E-state index contributed by atoms with van der Waals surface area (Å²) in [5.74, 6) is 1.61. The lowest BCUT2D eigenvalue weighted by molar-refractivity contribution is 0.872. The molecule has 1 rings (SSSR count). The third-order valence-electron chi connectivity index (χ3n) is 2.56. The summed E-state index contributed by atoms with van der Waals surface area (Å²) in [5, 5.41) is 20.7. The minimum Gasteiger partial charge on any atom is -0.367 e. The molecule has 0 aliphatic rings. The van der Waals surface area contributed by atoms with Crippen molar-refractivity contribution in [2.75, 3.05) is 23.9 Å². The number of hydrogen-bond acceptors (Lipinski definition) is 5. The monoisotopic (exact) mass is 250 g/mol. The maximum absolute atomic E-state index is 9.24. The number of aromatic nitrogens is 2. The molecule has 5 heteroatoms. The van der Waals surface area contributed by atoms with E-state index >= 15 is 0 Å². The fraction of sp³-hybridized carbons (Fsp3) is 0.583. The Morgan fingerprint density at radius 3 is 2.59 bits per heavy atom. The second-order valence-electron chi connectivity index (χ2n) is 3.59. The molecule has 0 unspecified atom stereocenters. The highest BCUT2D eigenvalue weighted by Gasteiger charge is 2.13. The highest BCUT2D eigenvalue weighted by atomic mass is 32.2. The quantitative estimate of drug-likeness (QED) is 0.785. The molecule has 0 aliphatic carbocycles. The highest BCUT2D eigenvalue weighted by Crippen LogP contribution is 2.19. The Bertz CT molecular complexity index is 412. The minimum atomic E-state index is 0.621. The Hall–Kier alpha value is -1.28. The van der Waals surface area contributed by atoms with Gasteiger partial charge < -0.3 is 5.32 Å². The normalized spacial score (nSPS) is 10.0. The summed E-state index contributed by atoms with van der Waals surface area (Å²) < 4.78 is 0. The molecule has 0 saturated carbocycles. The number of rotatable bonds is 6. The summed E-state index contributed by atoms with van der Waals surface area (Å²) >= 11 is 1.76. The van der Waals surface area contributed by atoms with Gasteiger partial charge in [-0.2, -0.15) is 22.1 Å². The van der Waals surface area contributed by atoms with Crippen LogP contribution in [0.15, 0.2) is 0 Å². The maximum Gasteiger partial charge on any atom is 0.166 e. The molecule has 1 aromatic heterocycles. The molecule has 0 saturated heterocycles. The fourth-order valence-corrected chi connectivity index (χ4v) is 1.99. The van der Waals surface area contributed by atoms with Crippen LogP contribution >= 0.6 is 11.8 Å². The van der Waals surface area contributed by atoms with E-state index in [2.05, 4.69) is 27.8 Å². The van der Waals surface area contributed by atoms with E-state index in [9.17, 15) is 5.26 Å². The molecule has 0 bridgehead atoms. The highest BCUT2D eigenvalue weighted by molar-refractivity contribution is 7.98. The number of nitrogens with one attached hydrogen (secondary N) is 1. The van der Waals surface area contributed by atoms with Gasteiger partial charge in [-0.05, 0) is 24.7 Å². The van der Waals surface area contributed by atoms with Crippen LogP contribution in [0.2, 0.25) is 0 Å². The Kier molecular flexibility index (Phi) is 5.78. The van der Waals surface area contributed by atoms with Gasteiger partial charge in [0, 0.05) is 12.3 Å². The van der Waals surface area contributed by atoms with Gasteiger partial charge in [0.15, 0.2) is 5.82 Å². The van der Waals surface area contributed by atoms with Crippen LogP contribution < -0.4 is 5.32 Å². The Morgan fingerprint density at radius 1 is 1.29 bits per heavy atom. The van der Waals surface area contributed by atoms with Gasteiger partial charge in [0.25, 0.3) is 0 Å². The summed E-state index contributed by atoms with van der Waals surface area (Å²) in [4.78, 5) is 0. The van der Waals surface area contributed by atoms with Gasteiger partial charge >= 0.3 is 0 Å². The topological polar surface area (TPSA) is 61.6 Å². The molecule has 0 fully saturated rings. The van der Waals surface area contributed by atoms with E-state index in [1.165, 1.54) is 0 Å². The van der Waals surface area contributed by atoms with Gasteiger partial charge in [0.2, 0.25) is 0 Å². The Labute approximate surface area is 107 Å². The number of thioether (sulfide) groups is 1. The van der Waals surface area contributed by atoms with Crippen molar-refractivity contribution in [3.05, 3.63) is 16.8 Å². The zero-order chi connectivity index (χ0) is 12.7. The van der Waals surface area contributed by atoms with Crippen molar-refractivity contribution >= 4 is 17.6 Å². The molecule has 92 valence electrons. The second kappa shape index (κ2) is 7.13. The van der Waals surface area contributed by atoms with Crippen molar-refractivity contribution in [3.8, 4) is 6.07 Å². The van der Waals surface area contributed by atoms with Crippen LogP contribution in [0.3, 0.4) is 0 Å². The van der Waals surface area contributed by atoms with Crippen LogP contribution in [0.5, 0.6) is 0 Å². The van der Waals surface area contributed by atoms with E-state index < -0.39 is 0 Å². The number of anilines is 1. The third-order valence-corrected chi connectivity index (χ3v) is 3.17. The van der Waals surface area contributed by atoms with Crippen LogP contribution in [0, 0.1) is 11.3 Å². The standard InChI is InChI=1S/C12H18N4S/c1-4-9-10(8-13)12(14-6-7-17-3)16-15-11(9)5-2/h4-7H2,1-3H3,(H,14,16). The average molecular weight is 250 g/mol. The third kappa shape index (κ3) is 3.34. The molecule has 1 heterocycles. The summed E-state index contributed by atoms with van der Waals surface area (Å²) in [6, 6.07) is 2.24. The Balaban J connectivity index is 3.02. The van der Waals surface area contributed by atoms with Gasteiger partial charge in [0.1, 0.15) is 11.6 Å².